The summed E-state index contributed by atoms with van der Waals surface area (Å²) in [7, 11) is 1.64. The zero-order valence-corrected chi connectivity index (χ0v) is 8.47. The lowest BCUT2D eigenvalue weighted by atomic mass is 10.0. The maximum absolute atomic E-state index is 9.02. The standard InChI is InChI=1S/C13H12O2/c1-15-12-7-5-10(6-8-12)13-4-2-3-11(13)9-14/h2-9,14H,1H3. The molecule has 0 aromatic heterocycles. The molecular formula is C13H12O2. The van der Waals surface area contributed by atoms with Gasteiger partial charge in [-0.05, 0) is 23.3 Å². The van der Waals surface area contributed by atoms with Gasteiger partial charge in [-0.1, -0.05) is 30.4 Å². The van der Waals surface area contributed by atoms with E-state index in [1.807, 2.05) is 42.5 Å². The third-order valence-electron chi connectivity index (χ3n) is 2.39. The van der Waals surface area contributed by atoms with Crippen LogP contribution < -0.4 is 4.74 Å². The number of allylic oxidation sites excluding steroid dienone is 5. The quantitative estimate of drug-likeness (QED) is 0.743. The van der Waals surface area contributed by atoms with Crippen molar-refractivity contribution in [3.8, 4) is 5.75 Å². The van der Waals surface area contributed by atoms with Crippen LogP contribution in [-0.4, -0.2) is 12.2 Å². The van der Waals surface area contributed by atoms with Gasteiger partial charge < -0.3 is 9.84 Å². The number of aliphatic hydroxyl groups is 1. The van der Waals surface area contributed by atoms with E-state index < -0.39 is 0 Å². The number of aliphatic hydroxyl groups excluding tert-OH is 1. The largest absolute Gasteiger partial charge is 0.515 e. The lowest BCUT2D eigenvalue weighted by Gasteiger charge is -2.05. The molecule has 0 saturated heterocycles. The van der Waals surface area contributed by atoms with Crippen LogP contribution in [0.25, 0.3) is 5.57 Å². The minimum Gasteiger partial charge on any atom is -0.515 e. The molecule has 2 rings (SSSR count). The molecule has 2 nitrogen and oxygen atoms in total. The fourth-order valence-corrected chi connectivity index (χ4v) is 1.58. The summed E-state index contributed by atoms with van der Waals surface area (Å²) in [6, 6.07) is 7.76. The molecule has 0 unspecified atom stereocenters. The molecule has 15 heavy (non-hydrogen) atoms. The normalized spacial score (nSPS) is 16.9. The highest BCUT2D eigenvalue weighted by Crippen LogP contribution is 2.29. The van der Waals surface area contributed by atoms with Crippen LogP contribution in [0.5, 0.6) is 5.75 Å². The van der Waals surface area contributed by atoms with E-state index >= 15 is 0 Å². The van der Waals surface area contributed by atoms with Crippen molar-refractivity contribution in [3.05, 3.63) is 59.9 Å². The fourth-order valence-electron chi connectivity index (χ4n) is 1.58. The Morgan fingerprint density at radius 3 is 2.53 bits per heavy atom. The van der Waals surface area contributed by atoms with Gasteiger partial charge in [0.05, 0.1) is 13.4 Å². The maximum Gasteiger partial charge on any atom is 0.118 e. The van der Waals surface area contributed by atoms with E-state index in [4.69, 9.17) is 9.84 Å². The van der Waals surface area contributed by atoms with Crippen molar-refractivity contribution in [1.29, 1.82) is 0 Å². The Morgan fingerprint density at radius 2 is 1.93 bits per heavy atom. The van der Waals surface area contributed by atoms with Crippen molar-refractivity contribution in [2.45, 2.75) is 0 Å². The van der Waals surface area contributed by atoms with E-state index in [0.717, 1.165) is 28.7 Å². The first-order chi connectivity index (χ1) is 7.35. The van der Waals surface area contributed by atoms with Crippen LogP contribution in [0.3, 0.4) is 0 Å². The molecule has 1 aromatic carbocycles. The molecule has 1 aliphatic carbocycles. The van der Waals surface area contributed by atoms with Crippen LogP contribution >= 0.6 is 0 Å². The molecule has 1 N–H and O–H groups in total. The van der Waals surface area contributed by atoms with Gasteiger partial charge in [0.15, 0.2) is 0 Å². The third-order valence-corrected chi connectivity index (χ3v) is 2.39. The van der Waals surface area contributed by atoms with Crippen LogP contribution in [0.15, 0.2) is 54.3 Å². The molecular weight excluding hydrogens is 188 g/mol. The molecule has 0 spiro atoms. The SMILES string of the molecule is COc1ccc(C2=CC=CC2=CO)cc1. The minimum atomic E-state index is 0.833. The molecule has 0 heterocycles. The van der Waals surface area contributed by atoms with Crippen molar-refractivity contribution in [2.75, 3.05) is 7.11 Å². The first-order valence-corrected chi connectivity index (χ1v) is 4.72. The topological polar surface area (TPSA) is 29.5 Å². The predicted molar refractivity (Wildman–Crippen MR) is 60.8 cm³/mol. The molecule has 0 fully saturated rings. The van der Waals surface area contributed by atoms with Gasteiger partial charge in [-0.2, -0.15) is 0 Å². The number of hydrogen-bond donors (Lipinski definition) is 1. The monoisotopic (exact) mass is 200 g/mol. The predicted octanol–water partition coefficient (Wildman–Crippen LogP) is 3.09. The van der Waals surface area contributed by atoms with Crippen molar-refractivity contribution in [2.24, 2.45) is 0 Å². The van der Waals surface area contributed by atoms with Crippen LogP contribution in [-0.2, 0) is 0 Å². The highest BCUT2D eigenvalue weighted by molar-refractivity contribution is 5.85. The summed E-state index contributed by atoms with van der Waals surface area (Å²) >= 11 is 0. The summed E-state index contributed by atoms with van der Waals surface area (Å²) in [5, 5.41) is 9.02. The smallest absolute Gasteiger partial charge is 0.118 e. The minimum absolute atomic E-state index is 0.833. The van der Waals surface area contributed by atoms with E-state index in [1.54, 1.807) is 7.11 Å². The summed E-state index contributed by atoms with van der Waals surface area (Å²) in [4.78, 5) is 0. The van der Waals surface area contributed by atoms with E-state index in [2.05, 4.69) is 0 Å². The van der Waals surface area contributed by atoms with Gasteiger partial charge in [-0.25, -0.2) is 0 Å². The molecule has 76 valence electrons. The van der Waals surface area contributed by atoms with Crippen molar-refractivity contribution < 1.29 is 9.84 Å². The third kappa shape index (κ3) is 1.79. The van der Waals surface area contributed by atoms with Crippen molar-refractivity contribution in [1.82, 2.24) is 0 Å². The van der Waals surface area contributed by atoms with Crippen LogP contribution in [0, 0.1) is 0 Å². The first kappa shape index (κ1) is 9.59. The van der Waals surface area contributed by atoms with Gasteiger partial charge >= 0.3 is 0 Å². The lowest BCUT2D eigenvalue weighted by molar-refractivity contribution is 0.415. The second-order valence-electron chi connectivity index (χ2n) is 3.25. The van der Waals surface area contributed by atoms with E-state index in [9.17, 15) is 0 Å². The van der Waals surface area contributed by atoms with Gasteiger partial charge in [-0.15, -0.1) is 0 Å². The number of methoxy groups -OCH3 is 1. The first-order valence-electron chi connectivity index (χ1n) is 4.72. The number of ether oxygens (including phenoxy) is 1. The Morgan fingerprint density at radius 1 is 1.20 bits per heavy atom. The van der Waals surface area contributed by atoms with E-state index in [-0.39, 0.29) is 0 Å². The number of benzene rings is 1. The highest BCUT2D eigenvalue weighted by Gasteiger charge is 2.08. The molecule has 2 heteroatoms. The lowest BCUT2D eigenvalue weighted by Crippen LogP contribution is -1.86. The summed E-state index contributed by atoms with van der Waals surface area (Å²) in [6.45, 7) is 0. The molecule has 0 aliphatic heterocycles. The summed E-state index contributed by atoms with van der Waals surface area (Å²) in [5.74, 6) is 0.833. The summed E-state index contributed by atoms with van der Waals surface area (Å²) < 4.78 is 5.09. The fraction of sp³-hybridized carbons (Fsp3) is 0.0769. The van der Waals surface area contributed by atoms with Crippen LogP contribution in [0.4, 0.5) is 0 Å². The Labute approximate surface area is 88.8 Å². The second-order valence-corrected chi connectivity index (χ2v) is 3.25. The van der Waals surface area contributed by atoms with Gasteiger partial charge in [0, 0.05) is 5.57 Å². The molecule has 1 aliphatic rings. The van der Waals surface area contributed by atoms with Crippen LogP contribution in [0.1, 0.15) is 5.56 Å². The number of hydrogen-bond acceptors (Lipinski definition) is 2. The molecule has 0 bridgehead atoms. The van der Waals surface area contributed by atoms with Crippen molar-refractivity contribution >= 4 is 5.57 Å². The number of rotatable bonds is 2. The van der Waals surface area contributed by atoms with Gasteiger partial charge in [0.1, 0.15) is 5.75 Å². The maximum atomic E-state index is 9.02. The summed E-state index contributed by atoms with van der Waals surface area (Å²) in [5.41, 5.74) is 2.93. The molecule has 1 aromatic rings. The molecule has 0 atom stereocenters. The van der Waals surface area contributed by atoms with E-state index in [1.165, 1.54) is 0 Å². The van der Waals surface area contributed by atoms with Gasteiger partial charge in [0.25, 0.3) is 0 Å². The zero-order chi connectivity index (χ0) is 10.7. The van der Waals surface area contributed by atoms with Crippen LogP contribution in [0.2, 0.25) is 0 Å². The van der Waals surface area contributed by atoms with Crippen molar-refractivity contribution in [3.63, 3.8) is 0 Å². The second kappa shape index (κ2) is 4.05. The average molecular weight is 200 g/mol. The Balaban J connectivity index is 2.31. The Hall–Kier alpha value is -1.96. The molecule has 0 saturated carbocycles. The highest BCUT2D eigenvalue weighted by atomic mass is 16.5. The Kier molecular flexibility index (Phi) is 2.59. The zero-order valence-electron chi connectivity index (χ0n) is 8.47. The Bertz CT molecular complexity index is 436. The molecule has 0 amide bonds. The van der Waals surface area contributed by atoms with E-state index in [0.29, 0.717) is 0 Å². The van der Waals surface area contributed by atoms with Gasteiger partial charge in [-0.3, -0.25) is 0 Å². The van der Waals surface area contributed by atoms with Gasteiger partial charge in [0.2, 0.25) is 0 Å². The molecule has 0 radical (unpaired) electrons. The average Bonchev–Trinajstić information content (AvgIpc) is 2.77. The summed E-state index contributed by atoms with van der Waals surface area (Å²) in [6.07, 6.45) is 6.89.